The second kappa shape index (κ2) is 5.56. The average Bonchev–Trinajstić information content (AvgIpc) is 3.13. The van der Waals surface area contributed by atoms with Crippen LogP contribution in [0.4, 0.5) is 0 Å². The zero-order chi connectivity index (χ0) is 15.4. The third-order valence-corrected chi connectivity index (χ3v) is 6.16. The quantitative estimate of drug-likeness (QED) is 0.727. The van der Waals surface area contributed by atoms with Crippen LogP contribution in [0.15, 0.2) is 12.2 Å². The lowest BCUT2D eigenvalue weighted by Gasteiger charge is -2.53. The van der Waals surface area contributed by atoms with E-state index in [1.807, 2.05) is 7.11 Å². The van der Waals surface area contributed by atoms with Crippen molar-refractivity contribution in [3.63, 3.8) is 0 Å². The number of likely N-dealkylation sites (tertiary alicyclic amines) is 1. The SMILES string of the molecule is C=C(C)C1CC2C(OC)C3CCC4OCOC4C3N(C)C2O1. The second-order valence-corrected chi connectivity index (χ2v) is 7.31. The van der Waals surface area contributed by atoms with Gasteiger partial charge >= 0.3 is 0 Å². The Hall–Kier alpha value is -0.460. The molecule has 0 aromatic carbocycles. The summed E-state index contributed by atoms with van der Waals surface area (Å²) in [4.78, 5) is 2.39. The predicted octanol–water partition coefficient (Wildman–Crippen LogP) is 1.77. The molecule has 5 heteroatoms. The number of fused-ring (bicyclic) bond motifs is 4. The summed E-state index contributed by atoms with van der Waals surface area (Å²) in [6.07, 6.45) is 4.08. The Morgan fingerprint density at radius 1 is 1.23 bits per heavy atom. The second-order valence-electron chi connectivity index (χ2n) is 7.31. The van der Waals surface area contributed by atoms with E-state index in [1.54, 1.807) is 0 Å². The molecule has 1 aliphatic carbocycles. The Morgan fingerprint density at radius 2 is 2.05 bits per heavy atom. The first-order valence-electron chi connectivity index (χ1n) is 8.40. The van der Waals surface area contributed by atoms with Crippen molar-refractivity contribution in [3.8, 4) is 0 Å². The Labute approximate surface area is 132 Å². The number of hydrogen-bond donors (Lipinski definition) is 0. The zero-order valence-electron chi connectivity index (χ0n) is 13.7. The van der Waals surface area contributed by atoms with Crippen molar-refractivity contribution in [2.24, 2.45) is 11.8 Å². The summed E-state index contributed by atoms with van der Waals surface area (Å²) < 4.78 is 24.0. The summed E-state index contributed by atoms with van der Waals surface area (Å²) in [6, 6.07) is 0.316. The molecule has 4 fully saturated rings. The van der Waals surface area contributed by atoms with Gasteiger partial charge in [-0.3, -0.25) is 4.90 Å². The Kier molecular flexibility index (Phi) is 3.82. The van der Waals surface area contributed by atoms with Crippen molar-refractivity contribution >= 4 is 0 Å². The number of rotatable bonds is 2. The van der Waals surface area contributed by atoms with Gasteiger partial charge in [0.05, 0.1) is 18.3 Å². The van der Waals surface area contributed by atoms with E-state index >= 15 is 0 Å². The van der Waals surface area contributed by atoms with Crippen molar-refractivity contribution in [1.29, 1.82) is 0 Å². The van der Waals surface area contributed by atoms with E-state index in [4.69, 9.17) is 18.9 Å². The molecular formula is C17H27NO4. The van der Waals surface area contributed by atoms with Crippen LogP contribution in [0.3, 0.4) is 0 Å². The molecule has 0 aromatic rings. The lowest BCUT2D eigenvalue weighted by atomic mass is 9.69. The molecule has 0 aromatic heterocycles. The maximum absolute atomic E-state index is 6.32. The topological polar surface area (TPSA) is 40.2 Å². The molecule has 5 nitrogen and oxygen atoms in total. The molecule has 8 unspecified atom stereocenters. The number of nitrogens with zero attached hydrogens (tertiary/aromatic N) is 1. The fourth-order valence-corrected chi connectivity index (χ4v) is 5.17. The molecule has 0 N–H and O–H groups in total. The third-order valence-electron chi connectivity index (χ3n) is 6.16. The van der Waals surface area contributed by atoms with Gasteiger partial charge in [-0.25, -0.2) is 0 Å². The van der Waals surface area contributed by atoms with Crippen molar-refractivity contribution in [1.82, 2.24) is 4.90 Å². The first-order valence-corrected chi connectivity index (χ1v) is 8.40. The minimum atomic E-state index is 0.0934. The van der Waals surface area contributed by atoms with Crippen molar-refractivity contribution in [2.45, 2.75) is 62.9 Å². The van der Waals surface area contributed by atoms with Crippen LogP contribution in [0.1, 0.15) is 26.2 Å². The molecule has 3 saturated heterocycles. The van der Waals surface area contributed by atoms with E-state index in [0.29, 0.717) is 24.7 Å². The maximum atomic E-state index is 6.32. The van der Waals surface area contributed by atoms with E-state index in [9.17, 15) is 0 Å². The highest BCUT2D eigenvalue weighted by Gasteiger charge is 2.58. The lowest BCUT2D eigenvalue weighted by molar-refractivity contribution is -0.192. The highest BCUT2D eigenvalue weighted by molar-refractivity contribution is 5.11. The molecule has 4 aliphatic rings. The number of piperidine rings is 1. The van der Waals surface area contributed by atoms with Gasteiger partial charge < -0.3 is 18.9 Å². The molecule has 22 heavy (non-hydrogen) atoms. The summed E-state index contributed by atoms with van der Waals surface area (Å²) in [7, 11) is 4.02. The van der Waals surface area contributed by atoms with Gasteiger partial charge in [0.15, 0.2) is 0 Å². The van der Waals surface area contributed by atoms with Crippen LogP contribution in [-0.2, 0) is 18.9 Å². The number of ether oxygens (including phenoxy) is 4. The van der Waals surface area contributed by atoms with E-state index in [2.05, 4.69) is 25.5 Å². The molecule has 0 radical (unpaired) electrons. The van der Waals surface area contributed by atoms with Gasteiger partial charge in [-0.2, -0.15) is 0 Å². The van der Waals surface area contributed by atoms with E-state index < -0.39 is 0 Å². The monoisotopic (exact) mass is 309 g/mol. The lowest BCUT2D eigenvalue weighted by Crippen LogP contribution is -2.65. The van der Waals surface area contributed by atoms with Gasteiger partial charge in [0.2, 0.25) is 0 Å². The minimum absolute atomic E-state index is 0.0934. The van der Waals surface area contributed by atoms with E-state index in [-0.39, 0.29) is 30.6 Å². The first kappa shape index (κ1) is 15.1. The molecule has 3 aliphatic heterocycles. The van der Waals surface area contributed by atoms with Crippen LogP contribution in [0.2, 0.25) is 0 Å². The first-order chi connectivity index (χ1) is 10.6. The molecule has 1 saturated carbocycles. The Balaban J connectivity index is 1.64. The maximum Gasteiger partial charge on any atom is 0.147 e. The van der Waals surface area contributed by atoms with Crippen LogP contribution in [-0.4, -0.2) is 62.5 Å². The minimum Gasteiger partial charge on any atom is -0.381 e. The van der Waals surface area contributed by atoms with E-state index in [0.717, 1.165) is 24.8 Å². The van der Waals surface area contributed by atoms with Gasteiger partial charge in [-0.15, -0.1) is 0 Å². The van der Waals surface area contributed by atoms with Gasteiger partial charge in [-0.05, 0) is 33.2 Å². The normalized spacial score (nSPS) is 51.2. The van der Waals surface area contributed by atoms with Crippen LogP contribution in [0, 0.1) is 11.8 Å². The molecule has 0 amide bonds. The highest BCUT2D eigenvalue weighted by Crippen LogP contribution is 2.49. The highest BCUT2D eigenvalue weighted by atomic mass is 16.7. The fraction of sp³-hybridized carbons (Fsp3) is 0.882. The van der Waals surface area contributed by atoms with Crippen LogP contribution in [0.25, 0.3) is 0 Å². The van der Waals surface area contributed by atoms with Gasteiger partial charge in [0.25, 0.3) is 0 Å². The summed E-state index contributed by atoms with van der Waals surface area (Å²) >= 11 is 0. The molecule has 0 bridgehead atoms. The smallest absolute Gasteiger partial charge is 0.147 e. The van der Waals surface area contributed by atoms with Gasteiger partial charge in [0, 0.05) is 25.0 Å². The summed E-state index contributed by atoms with van der Waals surface area (Å²) in [6.45, 7) is 6.57. The van der Waals surface area contributed by atoms with Crippen molar-refractivity contribution < 1.29 is 18.9 Å². The van der Waals surface area contributed by atoms with E-state index in [1.165, 1.54) is 0 Å². The van der Waals surface area contributed by atoms with Crippen LogP contribution < -0.4 is 0 Å². The molecule has 124 valence electrons. The molecule has 0 spiro atoms. The number of methoxy groups -OCH3 is 1. The standard InChI is InChI=1S/C17H27NO4/c1-9(2)13-7-11-15(19-4)10-5-6-12-16(21-8-20-12)14(10)18(3)17(11)22-13/h10-17H,1,5-8H2,2-4H3. The zero-order valence-corrected chi connectivity index (χ0v) is 13.7. The predicted molar refractivity (Wildman–Crippen MR) is 81.3 cm³/mol. The van der Waals surface area contributed by atoms with Gasteiger partial charge in [0.1, 0.15) is 19.1 Å². The molecule has 4 rings (SSSR count). The summed E-state index contributed by atoms with van der Waals surface area (Å²) in [5, 5.41) is 0. The van der Waals surface area contributed by atoms with Crippen molar-refractivity contribution in [2.75, 3.05) is 21.0 Å². The largest absolute Gasteiger partial charge is 0.381 e. The number of hydrogen-bond acceptors (Lipinski definition) is 5. The summed E-state index contributed by atoms with van der Waals surface area (Å²) in [5.41, 5.74) is 1.11. The molecule has 3 heterocycles. The van der Waals surface area contributed by atoms with Gasteiger partial charge in [-0.1, -0.05) is 12.2 Å². The summed E-state index contributed by atoms with van der Waals surface area (Å²) in [5.74, 6) is 0.906. The van der Waals surface area contributed by atoms with Crippen molar-refractivity contribution in [3.05, 3.63) is 12.2 Å². The van der Waals surface area contributed by atoms with Crippen LogP contribution >= 0.6 is 0 Å². The van der Waals surface area contributed by atoms with Crippen LogP contribution in [0.5, 0.6) is 0 Å². The molecule has 8 atom stereocenters. The Bertz CT molecular complexity index is 456. The number of likely N-dealkylation sites (N-methyl/N-ethyl adjacent to an activating group) is 1. The third kappa shape index (κ3) is 2.10. The Morgan fingerprint density at radius 3 is 2.77 bits per heavy atom. The average molecular weight is 309 g/mol. The fourth-order valence-electron chi connectivity index (χ4n) is 5.17. The molecular weight excluding hydrogens is 282 g/mol.